The van der Waals surface area contributed by atoms with Gasteiger partial charge in [0.05, 0.1) is 18.9 Å². The standard InChI is InChI=1S/C14H27N3O2/c1-12(2)5-8-19-9-6-15-14-16-13(3)11-17(14)7-10-18-4/h11-12H,5-10H2,1-4H3,(H,15,16). The maximum Gasteiger partial charge on any atom is 0.203 e. The van der Waals surface area contributed by atoms with Gasteiger partial charge in [0.2, 0.25) is 5.95 Å². The molecule has 0 aliphatic carbocycles. The van der Waals surface area contributed by atoms with Crippen LogP contribution < -0.4 is 5.32 Å². The molecule has 5 heteroatoms. The molecule has 1 aromatic rings. The van der Waals surface area contributed by atoms with Crippen LogP contribution in [0.2, 0.25) is 0 Å². The predicted molar refractivity (Wildman–Crippen MR) is 77.6 cm³/mol. The zero-order chi connectivity index (χ0) is 14.1. The summed E-state index contributed by atoms with van der Waals surface area (Å²) in [7, 11) is 1.71. The summed E-state index contributed by atoms with van der Waals surface area (Å²) in [5, 5.41) is 3.30. The molecule has 0 atom stereocenters. The van der Waals surface area contributed by atoms with Gasteiger partial charge in [-0.3, -0.25) is 0 Å². The highest BCUT2D eigenvalue weighted by atomic mass is 16.5. The Bertz CT molecular complexity index is 350. The lowest BCUT2D eigenvalue weighted by Crippen LogP contribution is -2.15. The number of nitrogens with zero attached hydrogens (tertiary/aromatic N) is 2. The van der Waals surface area contributed by atoms with Gasteiger partial charge in [-0.2, -0.15) is 0 Å². The molecular weight excluding hydrogens is 242 g/mol. The molecule has 1 aromatic heterocycles. The van der Waals surface area contributed by atoms with E-state index in [-0.39, 0.29) is 0 Å². The van der Waals surface area contributed by atoms with Gasteiger partial charge in [-0.15, -0.1) is 0 Å². The monoisotopic (exact) mass is 269 g/mol. The fourth-order valence-electron chi connectivity index (χ4n) is 1.70. The third kappa shape index (κ3) is 6.59. The minimum atomic E-state index is 0.690. The van der Waals surface area contributed by atoms with Crippen molar-refractivity contribution in [2.24, 2.45) is 5.92 Å². The highest BCUT2D eigenvalue weighted by molar-refractivity contribution is 5.28. The lowest BCUT2D eigenvalue weighted by Gasteiger charge is -2.10. The number of aryl methyl sites for hydroxylation is 1. The molecule has 0 aliphatic heterocycles. The highest BCUT2D eigenvalue weighted by Gasteiger charge is 2.04. The van der Waals surface area contributed by atoms with E-state index in [0.717, 1.165) is 37.8 Å². The van der Waals surface area contributed by atoms with Gasteiger partial charge in [0.1, 0.15) is 0 Å². The Hall–Kier alpha value is -1.07. The SMILES string of the molecule is COCCn1cc(C)nc1NCCOCCC(C)C. The predicted octanol–water partition coefficient (Wildman–Crippen LogP) is 2.31. The largest absolute Gasteiger partial charge is 0.383 e. The van der Waals surface area contributed by atoms with Crippen LogP contribution >= 0.6 is 0 Å². The van der Waals surface area contributed by atoms with Crippen LogP contribution in [-0.2, 0) is 16.0 Å². The van der Waals surface area contributed by atoms with Crippen molar-refractivity contribution in [1.82, 2.24) is 9.55 Å². The molecule has 0 radical (unpaired) electrons. The van der Waals surface area contributed by atoms with Crippen molar-refractivity contribution < 1.29 is 9.47 Å². The molecule has 5 nitrogen and oxygen atoms in total. The highest BCUT2D eigenvalue weighted by Crippen LogP contribution is 2.08. The summed E-state index contributed by atoms with van der Waals surface area (Å²) in [5.74, 6) is 1.59. The average Bonchev–Trinajstić information content (AvgIpc) is 2.71. The zero-order valence-electron chi connectivity index (χ0n) is 12.6. The van der Waals surface area contributed by atoms with E-state index >= 15 is 0 Å². The number of rotatable bonds is 10. The summed E-state index contributed by atoms with van der Waals surface area (Å²) in [5.41, 5.74) is 1.01. The molecule has 0 saturated heterocycles. The molecule has 0 aliphatic rings. The summed E-state index contributed by atoms with van der Waals surface area (Å²) < 4.78 is 12.7. The Kier molecular flexibility index (Phi) is 7.52. The molecule has 1 heterocycles. The van der Waals surface area contributed by atoms with E-state index < -0.39 is 0 Å². The van der Waals surface area contributed by atoms with Gasteiger partial charge in [0, 0.05) is 33.0 Å². The second-order valence-electron chi connectivity index (χ2n) is 5.11. The Morgan fingerprint density at radius 2 is 2.11 bits per heavy atom. The summed E-state index contributed by atoms with van der Waals surface area (Å²) in [6, 6.07) is 0. The molecule has 0 spiro atoms. The second kappa shape index (κ2) is 8.93. The first-order valence-corrected chi connectivity index (χ1v) is 6.97. The zero-order valence-corrected chi connectivity index (χ0v) is 12.6. The fourth-order valence-corrected chi connectivity index (χ4v) is 1.70. The molecular formula is C14H27N3O2. The normalized spacial score (nSPS) is 11.2. The summed E-state index contributed by atoms with van der Waals surface area (Å²) in [4.78, 5) is 4.45. The van der Waals surface area contributed by atoms with E-state index in [2.05, 4.69) is 28.7 Å². The fraction of sp³-hybridized carbons (Fsp3) is 0.786. The van der Waals surface area contributed by atoms with Gasteiger partial charge < -0.3 is 19.4 Å². The summed E-state index contributed by atoms with van der Waals surface area (Å²) >= 11 is 0. The number of aromatic nitrogens is 2. The number of hydrogen-bond acceptors (Lipinski definition) is 4. The molecule has 0 amide bonds. The van der Waals surface area contributed by atoms with Crippen molar-refractivity contribution in [2.45, 2.75) is 33.7 Å². The van der Waals surface area contributed by atoms with Crippen LogP contribution in [0, 0.1) is 12.8 Å². The van der Waals surface area contributed by atoms with E-state index in [4.69, 9.17) is 9.47 Å². The first kappa shape index (κ1) is 16.0. The lowest BCUT2D eigenvalue weighted by molar-refractivity contribution is 0.132. The van der Waals surface area contributed by atoms with Crippen LogP contribution in [0.1, 0.15) is 26.0 Å². The van der Waals surface area contributed by atoms with Gasteiger partial charge in [0.15, 0.2) is 0 Å². The van der Waals surface area contributed by atoms with Crippen molar-refractivity contribution in [3.63, 3.8) is 0 Å². The molecule has 0 unspecified atom stereocenters. The van der Waals surface area contributed by atoms with Gasteiger partial charge in [-0.05, 0) is 19.3 Å². The molecule has 110 valence electrons. The van der Waals surface area contributed by atoms with Crippen molar-refractivity contribution >= 4 is 5.95 Å². The summed E-state index contributed by atoms with van der Waals surface area (Å²) in [6.07, 6.45) is 3.14. The van der Waals surface area contributed by atoms with E-state index in [0.29, 0.717) is 19.1 Å². The maximum absolute atomic E-state index is 5.57. The first-order chi connectivity index (χ1) is 9.13. The van der Waals surface area contributed by atoms with Crippen LogP contribution in [0.3, 0.4) is 0 Å². The number of ether oxygens (including phenoxy) is 2. The summed E-state index contributed by atoms with van der Waals surface area (Å²) in [6.45, 7) is 10.2. The van der Waals surface area contributed by atoms with E-state index in [1.165, 1.54) is 0 Å². The molecule has 0 aromatic carbocycles. The van der Waals surface area contributed by atoms with E-state index in [9.17, 15) is 0 Å². The third-order valence-electron chi connectivity index (χ3n) is 2.80. The van der Waals surface area contributed by atoms with Gasteiger partial charge in [-0.25, -0.2) is 4.98 Å². The van der Waals surface area contributed by atoms with Gasteiger partial charge in [0.25, 0.3) is 0 Å². The number of imidazole rings is 1. The number of methoxy groups -OCH3 is 1. The van der Waals surface area contributed by atoms with Crippen molar-refractivity contribution in [3.8, 4) is 0 Å². The second-order valence-corrected chi connectivity index (χ2v) is 5.11. The van der Waals surface area contributed by atoms with Crippen molar-refractivity contribution in [2.75, 3.05) is 38.8 Å². The molecule has 0 fully saturated rings. The molecule has 1 N–H and O–H groups in total. The van der Waals surface area contributed by atoms with Crippen LogP contribution in [0.15, 0.2) is 6.20 Å². The van der Waals surface area contributed by atoms with Gasteiger partial charge >= 0.3 is 0 Å². The minimum absolute atomic E-state index is 0.690. The number of nitrogens with one attached hydrogen (secondary N) is 1. The van der Waals surface area contributed by atoms with Crippen molar-refractivity contribution in [3.05, 3.63) is 11.9 Å². The van der Waals surface area contributed by atoms with Gasteiger partial charge in [-0.1, -0.05) is 13.8 Å². The third-order valence-corrected chi connectivity index (χ3v) is 2.80. The topological polar surface area (TPSA) is 48.3 Å². The Morgan fingerprint density at radius 1 is 1.32 bits per heavy atom. The van der Waals surface area contributed by atoms with Crippen LogP contribution in [0.5, 0.6) is 0 Å². The quantitative estimate of drug-likeness (QED) is 0.662. The molecule has 1 rings (SSSR count). The Balaban J connectivity index is 2.24. The average molecular weight is 269 g/mol. The van der Waals surface area contributed by atoms with E-state index in [1.807, 2.05) is 13.1 Å². The molecule has 0 bridgehead atoms. The van der Waals surface area contributed by atoms with Crippen LogP contribution in [-0.4, -0.2) is 43.0 Å². The maximum atomic E-state index is 5.57. The van der Waals surface area contributed by atoms with Crippen LogP contribution in [0.4, 0.5) is 5.95 Å². The Morgan fingerprint density at radius 3 is 2.79 bits per heavy atom. The molecule has 0 saturated carbocycles. The first-order valence-electron chi connectivity index (χ1n) is 6.97. The lowest BCUT2D eigenvalue weighted by atomic mass is 10.1. The van der Waals surface area contributed by atoms with Crippen molar-refractivity contribution in [1.29, 1.82) is 0 Å². The minimum Gasteiger partial charge on any atom is -0.383 e. The van der Waals surface area contributed by atoms with E-state index in [1.54, 1.807) is 7.11 Å². The van der Waals surface area contributed by atoms with Crippen LogP contribution in [0.25, 0.3) is 0 Å². The number of hydrogen-bond donors (Lipinski definition) is 1. The Labute approximate surface area is 116 Å². The number of anilines is 1. The molecule has 19 heavy (non-hydrogen) atoms. The smallest absolute Gasteiger partial charge is 0.203 e.